The van der Waals surface area contributed by atoms with Crippen molar-refractivity contribution in [1.29, 1.82) is 0 Å². The second-order valence-corrected chi connectivity index (χ2v) is 5.19. The summed E-state index contributed by atoms with van der Waals surface area (Å²) in [5.41, 5.74) is 2.61. The molecule has 23 heavy (non-hydrogen) atoms. The van der Waals surface area contributed by atoms with Gasteiger partial charge in [0.05, 0.1) is 6.33 Å². The lowest BCUT2D eigenvalue weighted by atomic mass is 9.96. The van der Waals surface area contributed by atoms with Gasteiger partial charge in [-0.15, -0.1) is 0 Å². The van der Waals surface area contributed by atoms with E-state index < -0.39 is 29.1 Å². The van der Waals surface area contributed by atoms with Gasteiger partial charge in [-0.2, -0.15) is 13.2 Å². The van der Waals surface area contributed by atoms with Crippen molar-refractivity contribution in [2.45, 2.75) is 37.4 Å². The Morgan fingerprint density at radius 1 is 1.30 bits per heavy atom. The summed E-state index contributed by atoms with van der Waals surface area (Å²) in [5.74, 6) is -3.42. The summed E-state index contributed by atoms with van der Waals surface area (Å²) in [4.78, 5) is 41.0. The fourth-order valence-electron chi connectivity index (χ4n) is 2.44. The largest absolute Gasteiger partial charge is 0.471 e. The number of aromatic nitrogens is 2. The van der Waals surface area contributed by atoms with Crippen molar-refractivity contribution in [2.24, 2.45) is 0 Å². The SMILES string of the molecule is Nc1nc[nH]c(=O)c1NC(=O)C1(NC(=O)C(F)(F)F)CCCC1. The third kappa shape index (κ3) is 3.43. The summed E-state index contributed by atoms with van der Waals surface area (Å²) >= 11 is 0. The van der Waals surface area contributed by atoms with E-state index in [9.17, 15) is 27.6 Å². The minimum atomic E-state index is -5.11. The minimum Gasteiger partial charge on any atom is -0.382 e. The van der Waals surface area contributed by atoms with E-state index in [0.717, 1.165) is 6.33 Å². The fraction of sp³-hybridized carbons (Fsp3) is 0.500. The molecule has 8 nitrogen and oxygen atoms in total. The highest BCUT2D eigenvalue weighted by atomic mass is 19.4. The molecular formula is C12H14F3N5O3. The van der Waals surface area contributed by atoms with Crippen LogP contribution in [0.5, 0.6) is 0 Å². The molecule has 1 heterocycles. The van der Waals surface area contributed by atoms with Gasteiger partial charge >= 0.3 is 12.1 Å². The molecule has 0 radical (unpaired) electrons. The van der Waals surface area contributed by atoms with Crippen LogP contribution in [0.4, 0.5) is 24.7 Å². The average Bonchev–Trinajstić information content (AvgIpc) is 2.91. The van der Waals surface area contributed by atoms with Crippen LogP contribution in [0.3, 0.4) is 0 Å². The van der Waals surface area contributed by atoms with Crippen LogP contribution >= 0.6 is 0 Å². The maximum absolute atomic E-state index is 12.5. The van der Waals surface area contributed by atoms with Gasteiger partial charge in [-0.1, -0.05) is 12.8 Å². The molecule has 1 aliphatic carbocycles. The number of carbonyl (C=O) groups excluding carboxylic acids is 2. The van der Waals surface area contributed by atoms with Crippen molar-refractivity contribution in [3.8, 4) is 0 Å². The van der Waals surface area contributed by atoms with Gasteiger partial charge in [-0.05, 0) is 12.8 Å². The topological polar surface area (TPSA) is 130 Å². The first-order chi connectivity index (χ1) is 10.7. The number of nitrogens with one attached hydrogen (secondary N) is 3. The number of nitrogens with two attached hydrogens (primary N) is 1. The molecule has 11 heteroatoms. The Balaban J connectivity index is 2.26. The predicted octanol–water partition coefficient (Wildman–Crippen LogP) is 0.282. The number of nitrogen functional groups attached to an aromatic ring is 1. The van der Waals surface area contributed by atoms with E-state index in [1.807, 2.05) is 0 Å². The van der Waals surface area contributed by atoms with E-state index >= 15 is 0 Å². The molecule has 0 saturated heterocycles. The number of carbonyl (C=O) groups is 2. The van der Waals surface area contributed by atoms with Crippen LogP contribution in [-0.4, -0.2) is 33.5 Å². The molecule has 5 N–H and O–H groups in total. The van der Waals surface area contributed by atoms with Gasteiger partial charge in [0.25, 0.3) is 5.56 Å². The minimum absolute atomic E-state index is 0.0265. The van der Waals surface area contributed by atoms with Crippen LogP contribution in [0.15, 0.2) is 11.1 Å². The van der Waals surface area contributed by atoms with Gasteiger partial charge in [0.2, 0.25) is 5.91 Å². The first kappa shape index (κ1) is 16.8. The molecule has 0 atom stereocenters. The van der Waals surface area contributed by atoms with Gasteiger partial charge in [0.1, 0.15) is 11.2 Å². The van der Waals surface area contributed by atoms with Crippen molar-refractivity contribution in [2.75, 3.05) is 11.1 Å². The first-order valence-corrected chi connectivity index (χ1v) is 6.70. The van der Waals surface area contributed by atoms with Crippen LogP contribution in [0.1, 0.15) is 25.7 Å². The number of hydrogen-bond donors (Lipinski definition) is 4. The van der Waals surface area contributed by atoms with E-state index in [4.69, 9.17) is 5.73 Å². The summed E-state index contributed by atoms with van der Waals surface area (Å²) in [6.07, 6.45) is -3.11. The molecule has 1 fully saturated rings. The molecular weight excluding hydrogens is 319 g/mol. The molecule has 2 rings (SSSR count). The second-order valence-electron chi connectivity index (χ2n) is 5.19. The van der Waals surface area contributed by atoms with Crippen molar-refractivity contribution >= 4 is 23.3 Å². The Labute approximate surface area is 127 Å². The number of nitrogens with zero attached hydrogens (tertiary/aromatic N) is 1. The molecule has 0 aliphatic heterocycles. The number of alkyl halides is 3. The Morgan fingerprint density at radius 2 is 1.91 bits per heavy atom. The number of rotatable bonds is 3. The van der Waals surface area contributed by atoms with Crippen LogP contribution in [0.25, 0.3) is 0 Å². The highest BCUT2D eigenvalue weighted by Crippen LogP contribution is 2.32. The Morgan fingerprint density at radius 3 is 2.43 bits per heavy atom. The van der Waals surface area contributed by atoms with E-state index in [1.54, 1.807) is 5.32 Å². The number of hydrogen-bond acceptors (Lipinski definition) is 5. The molecule has 126 valence electrons. The Hall–Kier alpha value is -2.59. The third-order valence-electron chi connectivity index (χ3n) is 3.62. The third-order valence-corrected chi connectivity index (χ3v) is 3.62. The Kier molecular flexibility index (Phi) is 4.30. The average molecular weight is 333 g/mol. The van der Waals surface area contributed by atoms with E-state index in [1.165, 1.54) is 0 Å². The molecule has 0 unspecified atom stereocenters. The zero-order valence-electron chi connectivity index (χ0n) is 11.8. The van der Waals surface area contributed by atoms with Crippen molar-refractivity contribution in [3.05, 3.63) is 16.7 Å². The summed E-state index contributed by atoms with van der Waals surface area (Å²) in [5, 5.41) is 3.91. The number of H-pyrrole nitrogens is 1. The summed E-state index contributed by atoms with van der Waals surface area (Å²) in [7, 11) is 0. The molecule has 0 spiro atoms. The highest BCUT2D eigenvalue weighted by molar-refractivity contribution is 6.02. The smallest absolute Gasteiger partial charge is 0.382 e. The lowest BCUT2D eigenvalue weighted by molar-refractivity contribution is -0.176. The van der Waals surface area contributed by atoms with E-state index in [0.29, 0.717) is 12.8 Å². The normalized spacial score (nSPS) is 16.8. The van der Waals surface area contributed by atoms with Gasteiger partial charge in [-0.25, -0.2) is 4.98 Å². The Bertz CT molecular complexity index is 679. The number of amides is 2. The molecule has 0 bridgehead atoms. The molecule has 1 aromatic heterocycles. The van der Waals surface area contributed by atoms with Gasteiger partial charge in [0, 0.05) is 0 Å². The maximum atomic E-state index is 12.5. The van der Waals surface area contributed by atoms with Crippen molar-refractivity contribution < 1.29 is 22.8 Å². The monoisotopic (exact) mass is 333 g/mol. The predicted molar refractivity (Wildman–Crippen MR) is 73.3 cm³/mol. The standard InChI is InChI=1S/C12H14F3N5O3/c13-12(14,15)10(23)20-11(3-1-2-4-11)9(22)19-6-7(16)17-5-18-8(6)21/h5H,1-4H2,(H,19,22)(H,20,23)(H3,16,17,18,21). The number of aromatic amines is 1. The lowest BCUT2D eigenvalue weighted by Crippen LogP contribution is -2.58. The molecule has 1 aromatic rings. The fourth-order valence-corrected chi connectivity index (χ4v) is 2.44. The van der Waals surface area contributed by atoms with E-state index in [2.05, 4.69) is 15.3 Å². The molecule has 1 aliphatic rings. The highest BCUT2D eigenvalue weighted by Gasteiger charge is 2.49. The molecule has 0 aromatic carbocycles. The molecule has 2 amide bonds. The summed E-state index contributed by atoms with van der Waals surface area (Å²) < 4.78 is 37.4. The van der Waals surface area contributed by atoms with Crippen molar-refractivity contribution in [1.82, 2.24) is 15.3 Å². The van der Waals surface area contributed by atoms with Crippen LogP contribution in [0, 0.1) is 0 Å². The maximum Gasteiger partial charge on any atom is 0.471 e. The van der Waals surface area contributed by atoms with Crippen molar-refractivity contribution in [3.63, 3.8) is 0 Å². The first-order valence-electron chi connectivity index (χ1n) is 6.70. The van der Waals surface area contributed by atoms with Crippen LogP contribution in [0.2, 0.25) is 0 Å². The van der Waals surface area contributed by atoms with E-state index in [-0.39, 0.29) is 24.3 Å². The second kappa shape index (κ2) is 5.89. The zero-order valence-corrected chi connectivity index (χ0v) is 11.8. The summed E-state index contributed by atoms with van der Waals surface area (Å²) in [6.45, 7) is 0. The number of halogens is 3. The van der Waals surface area contributed by atoms with Crippen LogP contribution < -0.4 is 21.9 Å². The lowest BCUT2D eigenvalue weighted by Gasteiger charge is -2.29. The van der Waals surface area contributed by atoms with Gasteiger partial charge in [-0.3, -0.25) is 14.4 Å². The number of anilines is 2. The summed E-state index contributed by atoms with van der Waals surface area (Å²) in [6, 6.07) is 0. The quantitative estimate of drug-likeness (QED) is 0.631. The zero-order chi connectivity index (χ0) is 17.3. The van der Waals surface area contributed by atoms with Crippen LogP contribution in [-0.2, 0) is 9.59 Å². The van der Waals surface area contributed by atoms with Gasteiger partial charge in [0.15, 0.2) is 5.82 Å². The van der Waals surface area contributed by atoms with Gasteiger partial charge < -0.3 is 21.4 Å². The molecule has 1 saturated carbocycles.